The van der Waals surface area contributed by atoms with Gasteiger partial charge in [-0.1, -0.05) is 107 Å². The summed E-state index contributed by atoms with van der Waals surface area (Å²) in [6.07, 6.45) is 0. The third-order valence-electron chi connectivity index (χ3n) is 5.19. The first kappa shape index (κ1) is 13.6. The van der Waals surface area contributed by atoms with E-state index in [2.05, 4.69) is 91.9 Å². The van der Waals surface area contributed by atoms with Crippen LogP contribution >= 0.6 is 0 Å². The average Bonchev–Trinajstić information content (AvgIpc) is 2.95. The van der Waals surface area contributed by atoms with Crippen molar-refractivity contribution >= 4 is 33.9 Å². The van der Waals surface area contributed by atoms with Crippen LogP contribution in [-0.2, 0) is 0 Å². The quantitative estimate of drug-likeness (QED) is 0.415. The molecule has 1 heteroatoms. The maximum Gasteiger partial charge on any atom is 0.242 e. The molecule has 0 atom stereocenters. The van der Waals surface area contributed by atoms with Crippen molar-refractivity contribution in [3.05, 3.63) is 90.5 Å². The molecule has 0 saturated heterocycles. The monoisotopic (exact) mass is 304 g/mol. The lowest BCUT2D eigenvalue weighted by Crippen LogP contribution is -2.48. The predicted molar refractivity (Wildman–Crippen MR) is 105 cm³/mol. The zero-order valence-electron chi connectivity index (χ0n) is 13.7. The first-order valence-electron chi connectivity index (χ1n) is 8.50. The molecule has 0 saturated carbocycles. The van der Waals surface area contributed by atoms with Crippen LogP contribution in [0.4, 0.5) is 0 Å². The van der Waals surface area contributed by atoms with Crippen molar-refractivity contribution in [2.24, 2.45) is 0 Å². The van der Waals surface area contributed by atoms with E-state index in [1.165, 1.54) is 43.9 Å². The Morgan fingerprint density at radius 3 is 2.25 bits per heavy atom. The second-order valence-corrected chi connectivity index (χ2v) is 6.72. The van der Waals surface area contributed by atoms with Crippen LogP contribution < -0.4 is 16.4 Å². The van der Waals surface area contributed by atoms with Crippen molar-refractivity contribution in [2.45, 2.75) is 6.92 Å². The number of hydrogen-bond acceptors (Lipinski definition) is 0. The minimum Gasteiger partial charge on any atom is -0.0680 e. The molecular weight excluding hydrogens is 287 g/mol. The highest BCUT2D eigenvalue weighted by Crippen LogP contribution is 2.24. The molecule has 4 aromatic carbocycles. The van der Waals surface area contributed by atoms with Crippen LogP contribution in [0.25, 0.3) is 21.9 Å². The lowest BCUT2D eigenvalue weighted by atomic mass is 9.39. The van der Waals surface area contributed by atoms with Gasteiger partial charge < -0.3 is 0 Å². The van der Waals surface area contributed by atoms with E-state index in [1.54, 1.807) is 0 Å². The number of rotatable bonds is 1. The fourth-order valence-corrected chi connectivity index (χ4v) is 4.06. The van der Waals surface area contributed by atoms with E-state index >= 15 is 0 Å². The third kappa shape index (κ3) is 1.95. The molecule has 0 radical (unpaired) electrons. The van der Waals surface area contributed by atoms with Gasteiger partial charge in [-0.2, -0.15) is 0 Å². The Morgan fingerprint density at radius 1 is 0.583 bits per heavy atom. The lowest BCUT2D eigenvalue weighted by molar-refractivity contribution is 1.49. The first-order valence-corrected chi connectivity index (χ1v) is 8.50. The normalized spacial score (nSPS) is 12.3. The Labute approximate surface area is 142 Å². The van der Waals surface area contributed by atoms with E-state index in [0.29, 0.717) is 6.71 Å². The van der Waals surface area contributed by atoms with E-state index in [9.17, 15) is 0 Å². The molecular formula is C23H17B. The maximum absolute atomic E-state index is 2.35. The predicted octanol–water partition coefficient (Wildman–Crippen LogP) is 3.64. The van der Waals surface area contributed by atoms with Gasteiger partial charge in [-0.25, -0.2) is 0 Å². The smallest absolute Gasteiger partial charge is 0.0680 e. The minimum atomic E-state index is 0.335. The molecule has 0 aromatic heterocycles. The Hall–Kier alpha value is -2.80. The molecule has 4 aromatic rings. The van der Waals surface area contributed by atoms with Crippen LogP contribution in [0.5, 0.6) is 0 Å². The second-order valence-electron chi connectivity index (χ2n) is 6.72. The van der Waals surface area contributed by atoms with Crippen molar-refractivity contribution in [2.75, 3.05) is 0 Å². The Kier molecular flexibility index (Phi) is 2.90. The van der Waals surface area contributed by atoms with Gasteiger partial charge in [-0.05, 0) is 28.8 Å². The van der Waals surface area contributed by atoms with Gasteiger partial charge in [0.25, 0.3) is 0 Å². The summed E-state index contributed by atoms with van der Waals surface area (Å²) in [5.74, 6) is 0. The Bertz CT molecular complexity index is 1080. The fraction of sp³-hybridized carbons (Fsp3) is 0.0435. The van der Waals surface area contributed by atoms with E-state index in [1.807, 2.05) is 0 Å². The van der Waals surface area contributed by atoms with Crippen LogP contribution in [0.2, 0.25) is 0 Å². The van der Waals surface area contributed by atoms with Crippen molar-refractivity contribution in [1.29, 1.82) is 0 Å². The summed E-state index contributed by atoms with van der Waals surface area (Å²) < 4.78 is 0. The molecule has 0 nitrogen and oxygen atoms in total. The van der Waals surface area contributed by atoms with Gasteiger partial charge in [0.15, 0.2) is 0 Å². The van der Waals surface area contributed by atoms with Crippen LogP contribution in [0.15, 0.2) is 84.9 Å². The Balaban J connectivity index is 1.78. The van der Waals surface area contributed by atoms with Crippen LogP contribution in [-0.4, -0.2) is 6.71 Å². The minimum absolute atomic E-state index is 0.335. The zero-order chi connectivity index (χ0) is 16.1. The highest BCUT2D eigenvalue weighted by molar-refractivity contribution is 6.99. The van der Waals surface area contributed by atoms with Crippen molar-refractivity contribution in [1.82, 2.24) is 0 Å². The van der Waals surface area contributed by atoms with E-state index in [0.717, 1.165) is 0 Å². The van der Waals surface area contributed by atoms with Gasteiger partial charge in [0.1, 0.15) is 0 Å². The van der Waals surface area contributed by atoms with Gasteiger partial charge in [-0.3, -0.25) is 0 Å². The standard InChI is InChI=1S/C23H17B/c1-16-10-13-23-21(14-16)20-8-4-5-9-22(20)24(23)19-12-11-17-6-2-3-7-18(17)15-19/h2-15H,1H3. The van der Waals surface area contributed by atoms with Crippen LogP contribution in [0.1, 0.15) is 5.56 Å². The van der Waals surface area contributed by atoms with Gasteiger partial charge in [0, 0.05) is 0 Å². The van der Waals surface area contributed by atoms with Crippen molar-refractivity contribution in [3.8, 4) is 11.1 Å². The molecule has 1 aliphatic heterocycles. The molecule has 1 heterocycles. The number of benzene rings is 4. The molecule has 24 heavy (non-hydrogen) atoms. The molecule has 112 valence electrons. The molecule has 0 aliphatic carbocycles. The van der Waals surface area contributed by atoms with E-state index in [4.69, 9.17) is 0 Å². The average molecular weight is 304 g/mol. The SMILES string of the molecule is Cc1ccc2c(c1)-c1ccccc1B2c1ccc2ccccc2c1. The van der Waals surface area contributed by atoms with E-state index in [-0.39, 0.29) is 0 Å². The Morgan fingerprint density at radius 2 is 1.33 bits per heavy atom. The van der Waals surface area contributed by atoms with Gasteiger partial charge >= 0.3 is 0 Å². The molecule has 1 aliphatic rings. The highest BCUT2D eigenvalue weighted by atomic mass is 14.2. The van der Waals surface area contributed by atoms with Gasteiger partial charge in [0.2, 0.25) is 6.71 Å². The maximum atomic E-state index is 2.35. The molecule has 0 unspecified atom stereocenters. The summed E-state index contributed by atoms with van der Waals surface area (Å²) in [5.41, 5.74) is 8.33. The molecule has 0 amide bonds. The van der Waals surface area contributed by atoms with Crippen molar-refractivity contribution < 1.29 is 0 Å². The van der Waals surface area contributed by atoms with Crippen LogP contribution in [0.3, 0.4) is 0 Å². The summed E-state index contributed by atoms with van der Waals surface area (Å²) in [7, 11) is 0. The number of aryl methyl sites for hydroxylation is 1. The lowest BCUT2D eigenvalue weighted by Gasteiger charge is -2.12. The summed E-state index contributed by atoms with van der Waals surface area (Å²) >= 11 is 0. The largest absolute Gasteiger partial charge is 0.242 e. The molecule has 0 bridgehead atoms. The third-order valence-corrected chi connectivity index (χ3v) is 5.19. The fourth-order valence-electron chi connectivity index (χ4n) is 4.06. The summed E-state index contributed by atoms with van der Waals surface area (Å²) in [6.45, 7) is 2.51. The molecule has 0 spiro atoms. The van der Waals surface area contributed by atoms with Gasteiger partial charge in [-0.15, -0.1) is 0 Å². The zero-order valence-corrected chi connectivity index (χ0v) is 13.7. The molecule has 5 rings (SSSR count). The van der Waals surface area contributed by atoms with Gasteiger partial charge in [0.05, 0.1) is 0 Å². The topological polar surface area (TPSA) is 0 Å². The summed E-state index contributed by atoms with van der Waals surface area (Å²) in [6, 6.07) is 31.2. The number of hydrogen-bond donors (Lipinski definition) is 0. The highest BCUT2D eigenvalue weighted by Gasteiger charge is 2.32. The van der Waals surface area contributed by atoms with E-state index < -0.39 is 0 Å². The first-order chi connectivity index (χ1) is 11.8. The summed E-state index contributed by atoms with van der Waals surface area (Å²) in [4.78, 5) is 0. The molecule has 0 fully saturated rings. The van der Waals surface area contributed by atoms with Crippen molar-refractivity contribution in [3.63, 3.8) is 0 Å². The summed E-state index contributed by atoms with van der Waals surface area (Å²) in [5, 5.41) is 2.62. The molecule has 0 N–H and O–H groups in total. The van der Waals surface area contributed by atoms with Crippen LogP contribution in [0, 0.1) is 6.92 Å². The number of fused-ring (bicyclic) bond motifs is 4. The second kappa shape index (κ2) is 5.11.